The lowest BCUT2D eigenvalue weighted by molar-refractivity contribution is -0.115. The Morgan fingerprint density at radius 3 is 2.55 bits per heavy atom. The van der Waals surface area contributed by atoms with Crippen molar-refractivity contribution in [2.24, 2.45) is 0 Å². The van der Waals surface area contributed by atoms with E-state index in [9.17, 15) is 20.1 Å². The molecule has 3 N–H and O–H groups in total. The first-order valence-corrected chi connectivity index (χ1v) is 14.1. The van der Waals surface area contributed by atoms with Crippen LogP contribution in [0.15, 0.2) is 29.3 Å². The molecule has 0 saturated carbocycles. The Morgan fingerprint density at radius 1 is 1.16 bits per heavy atom. The predicted molar refractivity (Wildman–Crippen MR) is 149 cm³/mol. The maximum absolute atomic E-state index is 12.9. The molecule has 2 heterocycles. The van der Waals surface area contributed by atoms with Gasteiger partial charge in [-0.2, -0.15) is 10.5 Å². The number of hydrogen-bond acceptors (Lipinski definition) is 9. The number of rotatable bonds is 8. The minimum Gasteiger partial charge on any atom is -0.462 e. The molecule has 10 heteroatoms. The number of nitrogens with two attached hydrogens (primary N) is 1. The van der Waals surface area contributed by atoms with E-state index in [0.717, 1.165) is 41.7 Å². The molecule has 0 unspecified atom stereocenters. The number of nitrogens with zero attached hydrogens (tertiary/aromatic N) is 3. The molecule has 1 aliphatic rings. The summed E-state index contributed by atoms with van der Waals surface area (Å²) in [5.41, 5.74) is 10.2. The Morgan fingerprint density at radius 2 is 1.87 bits per heavy atom. The van der Waals surface area contributed by atoms with Crippen LogP contribution in [-0.4, -0.2) is 29.2 Å². The van der Waals surface area contributed by atoms with Crippen LogP contribution in [0.1, 0.15) is 63.7 Å². The number of aromatic nitrogens is 1. The number of pyridine rings is 1. The van der Waals surface area contributed by atoms with Crippen molar-refractivity contribution in [1.82, 2.24) is 4.98 Å². The van der Waals surface area contributed by atoms with E-state index in [-0.39, 0.29) is 35.9 Å². The van der Waals surface area contributed by atoms with Crippen LogP contribution in [0, 0.1) is 29.6 Å². The maximum Gasteiger partial charge on any atom is 0.341 e. The molecule has 1 amide bonds. The van der Waals surface area contributed by atoms with Gasteiger partial charge in [0.25, 0.3) is 0 Å². The van der Waals surface area contributed by atoms with Gasteiger partial charge < -0.3 is 15.8 Å². The number of nitrogen functional groups attached to an aromatic ring is 1. The van der Waals surface area contributed by atoms with Crippen LogP contribution in [0.25, 0.3) is 11.1 Å². The lowest BCUT2D eigenvalue weighted by Crippen LogP contribution is -2.16. The molecule has 1 aromatic carbocycles. The molecule has 0 spiro atoms. The minimum absolute atomic E-state index is 0.0391. The van der Waals surface area contributed by atoms with E-state index in [4.69, 9.17) is 10.5 Å². The van der Waals surface area contributed by atoms with Crippen LogP contribution >= 0.6 is 23.1 Å². The van der Waals surface area contributed by atoms with Crippen LogP contribution in [-0.2, 0) is 22.4 Å². The van der Waals surface area contributed by atoms with Gasteiger partial charge in [0.05, 0.1) is 17.7 Å². The smallest absolute Gasteiger partial charge is 0.341 e. The number of thioether (sulfide) groups is 1. The monoisotopic (exact) mass is 545 g/mol. The number of aryl methyl sites for hydroxylation is 2. The van der Waals surface area contributed by atoms with Crippen LogP contribution in [0.5, 0.6) is 0 Å². The van der Waals surface area contributed by atoms with E-state index < -0.39 is 5.97 Å². The number of carbonyl (C=O) groups is 2. The molecule has 8 nitrogen and oxygen atoms in total. The van der Waals surface area contributed by atoms with Gasteiger partial charge in [-0.1, -0.05) is 29.8 Å². The predicted octanol–water partition coefficient (Wildman–Crippen LogP) is 5.62. The number of benzene rings is 1. The molecule has 0 radical (unpaired) electrons. The third-order valence-electron chi connectivity index (χ3n) is 6.23. The summed E-state index contributed by atoms with van der Waals surface area (Å²) in [6, 6.07) is 11.7. The van der Waals surface area contributed by atoms with E-state index in [1.54, 1.807) is 6.92 Å². The summed E-state index contributed by atoms with van der Waals surface area (Å²) in [5.74, 6) is -0.291. The van der Waals surface area contributed by atoms with Crippen molar-refractivity contribution < 1.29 is 14.3 Å². The lowest BCUT2D eigenvalue weighted by atomic mass is 9.95. The quantitative estimate of drug-likeness (QED) is 0.274. The normalized spacial score (nSPS) is 12.2. The van der Waals surface area contributed by atoms with Crippen molar-refractivity contribution in [3.05, 3.63) is 57.0 Å². The SMILES string of the molecule is CCOC(=O)c1c(NC(=O)CCSc2nc(N)c(C#N)c(-c3ccc(C)cc3)c2C#N)sc2c1CCCC2. The molecular formula is C28H27N5O3S2. The Kier molecular flexibility index (Phi) is 8.67. The second-order valence-corrected chi connectivity index (χ2v) is 11.0. The van der Waals surface area contributed by atoms with Gasteiger partial charge in [-0.3, -0.25) is 4.79 Å². The first kappa shape index (κ1) is 27.2. The lowest BCUT2D eigenvalue weighted by Gasteiger charge is -2.13. The van der Waals surface area contributed by atoms with Gasteiger partial charge in [-0.15, -0.1) is 23.1 Å². The average Bonchev–Trinajstić information content (AvgIpc) is 3.26. The molecule has 194 valence electrons. The third-order valence-corrected chi connectivity index (χ3v) is 8.41. The Hall–Kier alpha value is -3.86. The van der Waals surface area contributed by atoms with Gasteiger partial charge in [0, 0.05) is 22.6 Å². The largest absolute Gasteiger partial charge is 0.462 e. The summed E-state index contributed by atoms with van der Waals surface area (Å²) in [6.45, 7) is 3.98. The highest BCUT2D eigenvalue weighted by molar-refractivity contribution is 7.99. The molecule has 38 heavy (non-hydrogen) atoms. The number of anilines is 2. The fraction of sp³-hybridized carbons (Fsp3) is 0.321. The summed E-state index contributed by atoms with van der Waals surface area (Å²) >= 11 is 2.67. The molecule has 4 rings (SSSR count). The molecule has 0 saturated heterocycles. The van der Waals surface area contributed by atoms with Crippen molar-refractivity contribution in [1.29, 1.82) is 10.5 Å². The molecule has 2 aromatic heterocycles. The molecular weight excluding hydrogens is 518 g/mol. The first-order valence-electron chi connectivity index (χ1n) is 12.3. The maximum atomic E-state index is 12.9. The minimum atomic E-state index is -0.406. The summed E-state index contributed by atoms with van der Waals surface area (Å²) in [7, 11) is 0. The van der Waals surface area contributed by atoms with E-state index in [2.05, 4.69) is 22.4 Å². The summed E-state index contributed by atoms with van der Waals surface area (Å²) in [4.78, 5) is 31.0. The number of nitrogens with one attached hydrogen (secondary N) is 1. The van der Waals surface area contributed by atoms with Gasteiger partial charge in [-0.05, 0) is 50.7 Å². The van der Waals surface area contributed by atoms with E-state index in [1.807, 2.05) is 31.2 Å². The van der Waals surface area contributed by atoms with Crippen LogP contribution in [0.3, 0.4) is 0 Å². The summed E-state index contributed by atoms with van der Waals surface area (Å²) in [5, 5.41) is 23.5. The standard InChI is InChI=1S/C28H27N5O3S2/c1-3-36-28(35)24-18-6-4-5-7-21(18)38-27(24)32-22(34)12-13-37-26-20(15-30)23(19(14-29)25(31)33-26)17-10-8-16(2)9-11-17/h8-11H,3-7,12-13H2,1-2H3,(H2,31,33)(H,32,34). The zero-order valence-electron chi connectivity index (χ0n) is 21.2. The topological polar surface area (TPSA) is 142 Å². The summed E-state index contributed by atoms with van der Waals surface area (Å²) in [6.07, 6.45) is 3.89. The second-order valence-electron chi connectivity index (χ2n) is 8.80. The van der Waals surface area contributed by atoms with Gasteiger partial charge in [0.1, 0.15) is 33.5 Å². The average molecular weight is 546 g/mol. The number of esters is 1. The number of carbonyl (C=O) groups excluding carboxylic acids is 2. The van der Waals surface area contributed by atoms with Crippen molar-refractivity contribution in [2.45, 2.75) is 51.0 Å². The fourth-order valence-corrected chi connectivity index (χ4v) is 6.64. The van der Waals surface area contributed by atoms with Crippen molar-refractivity contribution in [2.75, 3.05) is 23.4 Å². The Bertz CT molecular complexity index is 1470. The second kappa shape index (κ2) is 12.1. The number of amides is 1. The van der Waals surface area contributed by atoms with Crippen molar-refractivity contribution >= 4 is 45.8 Å². The number of ether oxygens (including phenoxy) is 1. The van der Waals surface area contributed by atoms with E-state index >= 15 is 0 Å². The number of hydrogen-bond donors (Lipinski definition) is 2. The molecule has 0 atom stereocenters. The van der Waals surface area contributed by atoms with Gasteiger partial charge >= 0.3 is 5.97 Å². The number of nitriles is 2. The molecule has 1 aliphatic carbocycles. The van der Waals surface area contributed by atoms with Gasteiger partial charge in [0.15, 0.2) is 0 Å². The highest BCUT2D eigenvalue weighted by Crippen LogP contribution is 2.39. The van der Waals surface area contributed by atoms with Crippen LogP contribution < -0.4 is 11.1 Å². The third kappa shape index (κ3) is 5.67. The molecule has 3 aromatic rings. The van der Waals surface area contributed by atoms with Gasteiger partial charge in [-0.25, -0.2) is 9.78 Å². The molecule has 0 aliphatic heterocycles. The number of thiophene rings is 1. The van der Waals surface area contributed by atoms with Gasteiger partial charge in [0.2, 0.25) is 5.91 Å². The van der Waals surface area contributed by atoms with Crippen molar-refractivity contribution in [3.8, 4) is 23.3 Å². The number of fused-ring (bicyclic) bond motifs is 1. The fourth-order valence-electron chi connectivity index (χ4n) is 4.41. The first-order chi connectivity index (χ1) is 18.4. The van der Waals surface area contributed by atoms with Crippen LogP contribution in [0.4, 0.5) is 10.8 Å². The zero-order valence-corrected chi connectivity index (χ0v) is 22.9. The molecule has 0 bridgehead atoms. The molecule has 0 fully saturated rings. The van der Waals surface area contributed by atoms with E-state index in [0.29, 0.717) is 32.5 Å². The summed E-state index contributed by atoms with van der Waals surface area (Å²) < 4.78 is 5.26. The highest BCUT2D eigenvalue weighted by Gasteiger charge is 2.27. The van der Waals surface area contributed by atoms with Crippen molar-refractivity contribution in [3.63, 3.8) is 0 Å². The zero-order chi connectivity index (χ0) is 27.2. The Balaban J connectivity index is 1.52. The highest BCUT2D eigenvalue weighted by atomic mass is 32.2. The Labute approximate surface area is 229 Å². The van der Waals surface area contributed by atoms with Crippen LogP contribution in [0.2, 0.25) is 0 Å². The van der Waals surface area contributed by atoms with E-state index in [1.165, 1.54) is 23.1 Å².